The zero-order valence-electron chi connectivity index (χ0n) is 25.7. The molecule has 0 aromatic rings. The molecule has 0 bridgehead atoms. The Balaban J connectivity index is 1.47. The van der Waals surface area contributed by atoms with Crippen molar-refractivity contribution in [2.45, 2.75) is 133 Å². The molecule has 0 radical (unpaired) electrons. The Morgan fingerprint density at radius 1 is 0.773 bits per heavy atom. The summed E-state index contributed by atoms with van der Waals surface area (Å²) in [5, 5.41) is 64.1. The van der Waals surface area contributed by atoms with Crippen molar-refractivity contribution in [2.75, 3.05) is 26.4 Å². The van der Waals surface area contributed by atoms with Crippen LogP contribution in [0.2, 0.25) is 0 Å². The zero-order chi connectivity index (χ0) is 32.6. The van der Waals surface area contributed by atoms with E-state index in [2.05, 4.69) is 10.6 Å². The number of ether oxygens (including phenoxy) is 4. The zero-order valence-corrected chi connectivity index (χ0v) is 25.7. The number of aliphatic hydroxyl groups excluding tert-OH is 6. The third-order valence-electron chi connectivity index (χ3n) is 7.93. The Kier molecular flexibility index (Phi) is 17.8. The maximum atomic E-state index is 12.2. The van der Waals surface area contributed by atoms with Crippen LogP contribution in [0.25, 0.3) is 0 Å². The Bertz CT molecular complexity index is 850. The summed E-state index contributed by atoms with van der Waals surface area (Å²) < 4.78 is 21.9. The molecule has 2 aliphatic heterocycles. The van der Waals surface area contributed by atoms with Crippen LogP contribution in [-0.4, -0.2) is 136 Å². The number of aldehydes is 1. The Morgan fingerprint density at radius 3 is 2.05 bits per heavy atom. The van der Waals surface area contributed by atoms with E-state index < -0.39 is 68.0 Å². The van der Waals surface area contributed by atoms with Crippen molar-refractivity contribution in [3.63, 3.8) is 0 Å². The van der Waals surface area contributed by atoms with Gasteiger partial charge in [0.05, 0.1) is 24.9 Å². The molecular formula is C29H52N2O13. The standard InChI is InChI=1S/C29H52N2O13/c1-17-23(36)24(37)18(2)43-28(17)41-13-8-5-11-22(35)31-19(15-32)9-3-6-12-30-21(34)10-4-7-14-42-29-27(40)26(39)25(38)20(16-33)44-29/h15,17-20,23-29,33,36-40H,3-14,16H2,1-2H3,(H,30,34)(H,31,35). The van der Waals surface area contributed by atoms with Crippen LogP contribution in [0.15, 0.2) is 0 Å². The molecular weight excluding hydrogens is 584 g/mol. The first kappa shape index (κ1) is 38.4. The molecule has 44 heavy (non-hydrogen) atoms. The summed E-state index contributed by atoms with van der Waals surface area (Å²) in [6, 6.07) is -0.607. The lowest BCUT2D eigenvalue weighted by atomic mass is 9.93. The van der Waals surface area contributed by atoms with E-state index in [0.29, 0.717) is 64.4 Å². The quantitative estimate of drug-likeness (QED) is 0.0547. The molecule has 2 aliphatic rings. The largest absolute Gasteiger partial charge is 0.394 e. The van der Waals surface area contributed by atoms with Gasteiger partial charge in [0.15, 0.2) is 12.6 Å². The normalized spacial score (nSPS) is 33.0. The third kappa shape index (κ3) is 12.5. The van der Waals surface area contributed by atoms with Crippen LogP contribution in [0.3, 0.4) is 0 Å². The maximum Gasteiger partial charge on any atom is 0.220 e. The Morgan fingerprint density at radius 2 is 1.41 bits per heavy atom. The topological polar surface area (TPSA) is 234 Å². The van der Waals surface area contributed by atoms with Crippen LogP contribution in [0.1, 0.15) is 71.6 Å². The first-order valence-electron chi connectivity index (χ1n) is 15.6. The molecule has 2 heterocycles. The molecule has 15 nitrogen and oxygen atoms in total. The number of rotatable bonds is 20. The Hall–Kier alpha value is -1.79. The third-order valence-corrected chi connectivity index (χ3v) is 7.93. The number of hydrogen-bond acceptors (Lipinski definition) is 13. The van der Waals surface area contributed by atoms with Crippen molar-refractivity contribution >= 4 is 18.1 Å². The van der Waals surface area contributed by atoms with Gasteiger partial charge in [0.1, 0.15) is 36.8 Å². The smallest absolute Gasteiger partial charge is 0.220 e. The van der Waals surface area contributed by atoms with Gasteiger partial charge >= 0.3 is 0 Å². The second kappa shape index (κ2) is 20.4. The van der Waals surface area contributed by atoms with Crippen molar-refractivity contribution in [2.24, 2.45) is 5.92 Å². The van der Waals surface area contributed by atoms with E-state index in [0.717, 1.165) is 0 Å². The summed E-state index contributed by atoms with van der Waals surface area (Å²) in [4.78, 5) is 35.7. The molecule has 2 saturated heterocycles. The van der Waals surface area contributed by atoms with Gasteiger partial charge in [-0.05, 0) is 51.9 Å². The fourth-order valence-electron chi connectivity index (χ4n) is 4.99. The number of aliphatic hydroxyl groups is 6. The van der Waals surface area contributed by atoms with Crippen molar-refractivity contribution in [3.05, 3.63) is 0 Å². The van der Waals surface area contributed by atoms with E-state index in [4.69, 9.17) is 18.9 Å². The van der Waals surface area contributed by atoms with Gasteiger partial charge in [0, 0.05) is 38.5 Å². The molecule has 2 amide bonds. The van der Waals surface area contributed by atoms with Crippen molar-refractivity contribution in [1.82, 2.24) is 10.6 Å². The van der Waals surface area contributed by atoms with Gasteiger partial charge in [0.25, 0.3) is 0 Å². The molecule has 0 aromatic heterocycles. The van der Waals surface area contributed by atoms with Gasteiger partial charge in [-0.3, -0.25) is 9.59 Å². The second-order valence-electron chi connectivity index (χ2n) is 11.6. The van der Waals surface area contributed by atoms with Crippen molar-refractivity contribution in [1.29, 1.82) is 0 Å². The van der Waals surface area contributed by atoms with Crippen LogP contribution < -0.4 is 10.6 Å². The lowest BCUT2D eigenvalue weighted by molar-refractivity contribution is -0.301. The highest BCUT2D eigenvalue weighted by molar-refractivity contribution is 5.79. The van der Waals surface area contributed by atoms with Crippen LogP contribution in [0.5, 0.6) is 0 Å². The molecule has 0 spiro atoms. The summed E-state index contributed by atoms with van der Waals surface area (Å²) in [5.41, 5.74) is 0. The van der Waals surface area contributed by atoms with Crippen LogP contribution in [-0.2, 0) is 33.3 Å². The van der Waals surface area contributed by atoms with Gasteiger partial charge in [-0.15, -0.1) is 0 Å². The number of hydrogen-bond donors (Lipinski definition) is 8. The predicted octanol–water partition coefficient (Wildman–Crippen LogP) is -1.77. The van der Waals surface area contributed by atoms with Gasteiger partial charge in [0.2, 0.25) is 11.8 Å². The summed E-state index contributed by atoms with van der Waals surface area (Å²) in [6.45, 7) is 3.78. The minimum Gasteiger partial charge on any atom is -0.394 e. The molecule has 0 aromatic carbocycles. The van der Waals surface area contributed by atoms with E-state index in [-0.39, 0.29) is 37.2 Å². The average Bonchev–Trinajstić information content (AvgIpc) is 3.01. The highest BCUT2D eigenvalue weighted by atomic mass is 16.7. The van der Waals surface area contributed by atoms with Crippen LogP contribution in [0.4, 0.5) is 0 Å². The minimum absolute atomic E-state index is 0.144. The average molecular weight is 637 g/mol. The first-order chi connectivity index (χ1) is 21.0. The second-order valence-corrected chi connectivity index (χ2v) is 11.6. The number of carbonyl (C=O) groups excluding carboxylic acids is 3. The number of carbonyl (C=O) groups is 3. The van der Waals surface area contributed by atoms with Gasteiger partial charge in [-0.25, -0.2) is 0 Å². The van der Waals surface area contributed by atoms with Crippen LogP contribution >= 0.6 is 0 Å². The molecule has 11 atom stereocenters. The molecule has 15 heteroatoms. The highest BCUT2D eigenvalue weighted by Gasteiger charge is 2.44. The monoisotopic (exact) mass is 636 g/mol. The van der Waals surface area contributed by atoms with Gasteiger partial charge in [-0.2, -0.15) is 0 Å². The molecule has 0 aliphatic carbocycles. The van der Waals surface area contributed by atoms with Crippen LogP contribution in [0, 0.1) is 5.92 Å². The number of unbranched alkanes of at least 4 members (excludes halogenated alkanes) is 3. The van der Waals surface area contributed by atoms with Crippen molar-refractivity contribution < 1.29 is 64.0 Å². The SMILES string of the molecule is CC1OC(OCCCCC(=O)NC(C=O)CCCCNC(=O)CCCCOC2OC(CO)C(O)C(O)C2O)C(C)C(O)C1O. The summed E-state index contributed by atoms with van der Waals surface area (Å²) in [5.74, 6) is -0.762. The summed E-state index contributed by atoms with van der Waals surface area (Å²) >= 11 is 0. The summed E-state index contributed by atoms with van der Waals surface area (Å²) in [7, 11) is 0. The number of amides is 2. The molecule has 8 N–H and O–H groups in total. The molecule has 2 fully saturated rings. The highest BCUT2D eigenvalue weighted by Crippen LogP contribution is 2.27. The Labute approximate surface area is 258 Å². The van der Waals surface area contributed by atoms with Crippen molar-refractivity contribution in [3.8, 4) is 0 Å². The minimum atomic E-state index is -1.50. The number of nitrogens with one attached hydrogen (secondary N) is 2. The van der Waals surface area contributed by atoms with E-state index >= 15 is 0 Å². The first-order valence-corrected chi connectivity index (χ1v) is 15.6. The van der Waals surface area contributed by atoms with Gasteiger partial charge < -0.3 is 65.0 Å². The fourth-order valence-corrected chi connectivity index (χ4v) is 4.99. The molecule has 11 unspecified atom stereocenters. The maximum absolute atomic E-state index is 12.2. The predicted molar refractivity (Wildman–Crippen MR) is 154 cm³/mol. The molecule has 2 rings (SSSR count). The van der Waals surface area contributed by atoms with E-state index in [1.807, 2.05) is 0 Å². The van der Waals surface area contributed by atoms with E-state index in [1.54, 1.807) is 13.8 Å². The lowest BCUT2D eigenvalue weighted by Gasteiger charge is -2.40. The fraction of sp³-hybridized carbons (Fsp3) is 0.897. The molecule has 0 saturated carbocycles. The van der Waals surface area contributed by atoms with E-state index in [1.165, 1.54) is 0 Å². The van der Waals surface area contributed by atoms with Gasteiger partial charge in [-0.1, -0.05) is 6.92 Å². The van der Waals surface area contributed by atoms with E-state index in [9.17, 15) is 45.0 Å². The lowest BCUT2D eigenvalue weighted by Crippen LogP contribution is -2.59. The molecule has 256 valence electrons. The summed E-state index contributed by atoms with van der Waals surface area (Å²) in [6.07, 6.45) is -4.67.